The molecule has 0 aliphatic rings. The summed E-state index contributed by atoms with van der Waals surface area (Å²) in [7, 11) is 0. The van der Waals surface area contributed by atoms with Crippen LogP contribution >= 0.6 is 0 Å². The van der Waals surface area contributed by atoms with Crippen LogP contribution in [-0.4, -0.2) is 41.0 Å². The van der Waals surface area contributed by atoms with Crippen LogP contribution in [-0.2, 0) is 20.7 Å². The second kappa shape index (κ2) is 17.7. The minimum atomic E-state index is -0.951. The average Bonchev–Trinajstić information content (AvgIpc) is 3.00. The first-order valence-electron chi connectivity index (χ1n) is 17.1. The third-order valence-electron chi connectivity index (χ3n) is 8.33. The van der Waals surface area contributed by atoms with Crippen molar-refractivity contribution in [1.29, 1.82) is 0 Å². The molecule has 0 heterocycles. The number of alkyl carbamates (subject to hydrolysis) is 1. The molecule has 0 saturated carbocycles. The molecule has 2 unspecified atom stereocenters. The molecule has 3 rings (SSSR count). The van der Waals surface area contributed by atoms with E-state index in [-0.39, 0.29) is 18.2 Å². The van der Waals surface area contributed by atoms with Crippen molar-refractivity contribution >= 4 is 23.6 Å². The second-order valence-electron chi connectivity index (χ2n) is 13.7. The van der Waals surface area contributed by atoms with Crippen molar-refractivity contribution in [2.75, 3.05) is 11.9 Å². The summed E-state index contributed by atoms with van der Waals surface area (Å²) in [6.45, 7) is 15.8. The maximum absolute atomic E-state index is 14.9. The zero-order valence-corrected chi connectivity index (χ0v) is 29.7. The molecule has 47 heavy (non-hydrogen) atoms. The number of rotatable bonds is 15. The van der Waals surface area contributed by atoms with E-state index in [1.807, 2.05) is 94.4 Å². The largest absolute Gasteiger partial charge is 0.444 e. The molecule has 3 aromatic carbocycles. The van der Waals surface area contributed by atoms with Crippen molar-refractivity contribution in [3.8, 4) is 0 Å². The Balaban J connectivity index is 2.12. The van der Waals surface area contributed by atoms with Gasteiger partial charge in [-0.05, 0) is 82.7 Å². The van der Waals surface area contributed by atoms with Crippen LogP contribution in [0.25, 0.3) is 0 Å². The molecule has 0 aliphatic heterocycles. The molecule has 0 saturated heterocycles. The van der Waals surface area contributed by atoms with Gasteiger partial charge in [0.2, 0.25) is 5.91 Å². The molecular formula is C40H55N3O4. The Kier molecular flexibility index (Phi) is 14.1. The van der Waals surface area contributed by atoms with Crippen molar-refractivity contribution in [3.05, 3.63) is 100 Å². The van der Waals surface area contributed by atoms with Crippen LogP contribution in [0.1, 0.15) is 106 Å². The summed E-state index contributed by atoms with van der Waals surface area (Å²) in [4.78, 5) is 44.3. The summed E-state index contributed by atoms with van der Waals surface area (Å²) in [5.41, 5.74) is 5.46. The molecule has 0 aromatic heterocycles. The van der Waals surface area contributed by atoms with Crippen molar-refractivity contribution < 1.29 is 19.1 Å². The van der Waals surface area contributed by atoms with Crippen molar-refractivity contribution in [3.63, 3.8) is 0 Å². The van der Waals surface area contributed by atoms with E-state index in [2.05, 4.69) is 17.6 Å². The van der Waals surface area contributed by atoms with Gasteiger partial charge in [0.05, 0.1) is 0 Å². The first kappa shape index (κ1) is 37.3. The van der Waals surface area contributed by atoms with Gasteiger partial charge in [-0.25, -0.2) is 4.79 Å². The number of ether oxygens (including phenoxy) is 1. The average molecular weight is 642 g/mol. The Morgan fingerprint density at radius 2 is 1.43 bits per heavy atom. The number of carbonyl (C=O) groups excluding carboxylic acids is 3. The number of benzene rings is 3. The predicted molar refractivity (Wildman–Crippen MR) is 192 cm³/mol. The summed E-state index contributed by atoms with van der Waals surface area (Å²) in [6.07, 6.45) is 5.76. The molecule has 2 atom stereocenters. The Bertz CT molecular complexity index is 1460. The van der Waals surface area contributed by atoms with Crippen LogP contribution < -0.4 is 10.6 Å². The van der Waals surface area contributed by atoms with E-state index < -0.39 is 23.8 Å². The van der Waals surface area contributed by atoms with E-state index in [0.29, 0.717) is 6.54 Å². The molecule has 0 bridgehead atoms. The highest BCUT2D eigenvalue weighted by atomic mass is 16.6. The molecule has 7 nitrogen and oxygen atoms in total. The molecule has 0 aliphatic carbocycles. The number of anilines is 1. The first-order valence-corrected chi connectivity index (χ1v) is 17.1. The predicted octanol–water partition coefficient (Wildman–Crippen LogP) is 8.93. The van der Waals surface area contributed by atoms with E-state index >= 15 is 0 Å². The monoisotopic (exact) mass is 641 g/mol. The lowest BCUT2D eigenvalue weighted by atomic mass is 9.94. The summed E-state index contributed by atoms with van der Waals surface area (Å²) in [6, 6.07) is 19.7. The molecule has 2 N–H and O–H groups in total. The van der Waals surface area contributed by atoms with E-state index in [9.17, 15) is 14.4 Å². The van der Waals surface area contributed by atoms with Crippen LogP contribution in [0.2, 0.25) is 0 Å². The normalized spacial score (nSPS) is 12.6. The van der Waals surface area contributed by atoms with Crippen LogP contribution in [0.5, 0.6) is 0 Å². The fourth-order valence-electron chi connectivity index (χ4n) is 5.84. The topological polar surface area (TPSA) is 87.7 Å². The third-order valence-corrected chi connectivity index (χ3v) is 8.33. The lowest BCUT2D eigenvalue weighted by molar-refractivity contribution is -0.140. The van der Waals surface area contributed by atoms with E-state index in [1.54, 1.807) is 25.7 Å². The maximum Gasteiger partial charge on any atom is 0.408 e. The number of hydrogen-bond acceptors (Lipinski definition) is 4. The summed E-state index contributed by atoms with van der Waals surface area (Å²) < 4.78 is 5.60. The zero-order chi connectivity index (χ0) is 34.6. The SMILES string of the molecule is CCCCCCCCN(C(=O)C(Cc1ccccc1)NC(=O)OC(C)(C)C)C(C(=O)Nc1c(C)cccc1C)c1cc(C)ccc1C. The van der Waals surface area contributed by atoms with Gasteiger partial charge in [0.25, 0.3) is 5.91 Å². The number of nitrogens with zero attached hydrogens (tertiary/aromatic N) is 1. The minimum absolute atomic E-state index is 0.254. The van der Waals surface area contributed by atoms with Crippen molar-refractivity contribution in [1.82, 2.24) is 10.2 Å². The molecule has 7 heteroatoms. The summed E-state index contributed by atoms with van der Waals surface area (Å²) in [5.74, 6) is -0.609. The van der Waals surface area contributed by atoms with Crippen LogP contribution in [0, 0.1) is 27.7 Å². The fourth-order valence-corrected chi connectivity index (χ4v) is 5.84. The highest BCUT2D eigenvalue weighted by molar-refractivity contribution is 6.00. The molecule has 3 amide bonds. The standard InChI is InChI=1S/C40H55N3O4/c1-9-10-11-12-13-17-25-43(38(45)34(27-32-21-15-14-16-22-32)41-39(46)47-40(6,7)8)36(33-26-28(2)23-24-29(33)3)37(44)42-35-30(4)19-18-20-31(35)5/h14-16,18-24,26,34,36H,9-13,17,25,27H2,1-8H3,(H,41,46)(H,42,44). The number of nitrogens with one attached hydrogen (secondary N) is 2. The van der Waals surface area contributed by atoms with Crippen molar-refractivity contribution in [2.24, 2.45) is 0 Å². The summed E-state index contributed by atoms with van der Waals surface area (Å²) in [5, 5.41) is 6.07. The fraction of sp³-hybridized carbons (Fsp3) is 0.475. The molecule has 0 spiro atoms. The minimum Gasteiger partial charge on any atom is -0.444 e. The number of para-hydroxylation sites is 1. The maximum atomic E-state index is 14.9. The van der Waals surface area contributed by atoms with Gasteiger partial charge in [-0.15, -0.1) is 0 Å². The lowest BCUT2D eigenvalue weighted by Gasteiger charge is -2.35. The van der Waals surface area contributed by atoms with Crippen LogP contribution in [0.3, 0.4) is 0 Å². The molecule has 254 valence electrons. The smallest absolute Gasteiger partial charge is 0.408 e. The third kappa shape index (κ3) is 11.6. The van der Waals surface area contributed by atoms with Gasteiger partial charge >= 0.3 is 6.09 Å². The van der Waals surface area contributed by atoms with E-state index in [1.165, 1.54) is 6.42 Å². The van der Waals surface area contributed by atoms with Gasteiger partial charge in [0, 0.05) is 18.7 Å². The Morgan fingerprint density at radius 3 is 2.06 bits per heavy atom. The quantitative estimate of drug-likeness (QED) is 0.162. The molecular weight excluding hydrogens is 586 g/mol. The van der Waals surface area contributed by atoms with Gasteiger partial charge in [-0.2, -0.15) is 0 Å². The Labute approximate surface area is 282 Å². The summed E-state index contributed by atoms with van der Waals surface area (Å²) >= 11 is 0. The van der Waals surface area contributed by atoms with Crippen LogP contribution in [0.15, 0.2) is 66.7 Å². The van der Waals surface area contributed by atoms with Gasteiger partial charge < -0.3 is 20.3 Å². The van der Waals surface area contributed by atoms with Gasteiger partial charge in [-0.1, -0.05) is 111 Å². The first-order chi connectivity index (χ1) is 22.3. The number of amides is 3. The molecule has 3 aromatic rings. The Morgan fingerprint density at radius 1 is 0.787 bits per heavy atom. The number of hydrogen-bond donors (Lipinski definition) is 2. The molecule has 0 fully saturated rings. The van der Waals surface area contributed by atoms with Gasteiger partial charge in [-0.3, -0.25) is 9.59 Å². The second-order valence-corrected chi connectivity index (χ2v) is 13.7. The Hall–Kier alpha value is -4.13. The highest BCUT2D eigenvalue weighted by Gasteiger charge is 2.37. The highest BCUT2D eigenvalue weighted by Crippen LogP contribution is 2.30. The van der Waals surface area contributed by atoms with Crippen LogP contribution in [0.4, 0.5) is 10.5 Å². The van der Waals surface area contributed by atoms with Crippen molar-refractivity contribution in [2.45, 2.75) is 118 Å². The molecule has 0 radical (unpaired) electrons. The van der Waals surface area contributed by atoms with E-state index in [0.717, 1.165) is 71.2 Å². The zero-order valence-electron chi connectivity index (χ0n) is 29.7. The number of carbonyl (C=O) groups is 3. The van der Waals surface area contributed by atoms with E-state index in [4.69, 9.17) is 4.74 Å². The number of unbranched alkanes of at least 4 members (excludes halogenated alkanes) is 5. The van der Waals surface area contributed by atoms with Gasteiger partial charge in [0.15, 0.2) is 0 Å². The number of aryl methyl sites for hydroxylation is 4. The van der Waals surface area contributed by atoms with Gasteiger partial charge in [0.1, 0.15) is 17.7 Å². The lowest BCUT2D eigenvalue weighted by Crippen LogP contribution is -2.53.